The van der Waals surface area contributed by atoms with Gasteiger partial charge in [-0.1, -0.05) is 25.4 Å². The first-order chi connectivity index (χ1) is 8.47. The van der Waals surface area contributed by atoms with Crippen molar-refractivity contribution < 1.29 is 0 Å². The monoisotopic (exact) mass is 263 g/mol. The maximum atomic E-state index is 6.11. The third-order valence-corrected chi connectivity index (χ3v) is 3.08. The molecule has 0 fully saturated rings. The molecule has 96 valence electrons. The Bertz CT molecular complexity index is 539. The average molecular weight is 264 g/mol. The number of aromatic amines is 1. The molecule has 0 aromatic carbocycles. The van der Waals surface area contributed by atoms with Crippen molar-refractivity contribution in [3.63, 3.8) is 0 Å². The number of H-pyrrole nitrogens is 1. The molecule has 2 aromatic rings. The van der Waals surface area contributed by atoms with Gasteiger partial charge in [-0.15, -0.1) is 0 Å². The highest BCUT2D eigenvalue weighted by atomic mass is 35.5. The summed E-state index contributed by atoms with van der Waals surface area (Å²) in [5.41, 5.74) is 5.17. The Balaban J connectivity index is 2.48. The van der Waals surface area contributed by atoms with Gasteiger partial charge in [0, 0.05) is 11.3 Å². The standard InChI is InChI=1S/C14H18ClN3/c1-8(2)5-11-6-12(16-13(15)7-11)14-9(3)17-18-10(14)4/h6-8H,5H2,1-4H3,(H,17,18). The molecule has 0 atom stereocenters. The van der Waals surface area contributed by atoms with Crippen molar-refractivity contribution in [2.45, 2.75) is 34.1 Å². The van der Waals surface area contributed by atoms with Crippen LogP contribution in [0.25, 0.3) is 11.3 Å². The summed E-state index contributed by atoms with van der Waals surface area (Å²) in [5, 5.41) is 7.73. The highest BCUT2D eigenvalue weighted by Gasteiger charge is 2.12. The summed E-state index contributed by atoms with van der Waals surface area (Å²) < 4.78 is 0. The smallest absolute Gasteiger partial charge is 0.130 e. The van der Waals surface area contributed by atoms with E-state index in [9.17, 15) is 0 Å². The van der Waals surface area contributed by atoms with Gasteiger partial charge >= 0.3 is 0 Å². The van der Waals surface area contributed by atoms with Crippen molar-refractivity contribution in [1.82, 2.24) is 15.2 Å². The molecule has 2 rings (SSSR count). The maximum Gasteiger partial charge on any atom is 0.130 e. The van der Waals surface area contributed by atoms with Crippen LogP contribution >= 0.6 is 11.6 Å². The first kappa shape index (κ1) is 13.1. The molecule has 0 saturated heterocycles. The van der Waals surface area contributed by atoms with Crippen LogP contribution in [0.5, 0.6) is 0 Å². The van der Waals surface area contributed by atoms with E-state index in [-0.39, 0.29) is 0 Å². The van der Waals surface area contributed by atoms with E-state index >= 15 is 0 Å². The largest absolute Gasteiger partial charge is 0.282 e. The number of aromatic nitrogens is 3. The highest BCUT2D eigenvalue weighted by Crippen LogP contribution is 2.26. The van der Waals surface area contributed by atoms with E-state index in [0.717, 1.165) is 29.1 Å². The number of halogens is 1. The van der Waals surface area contributed by atoms with Crippen LogP contribution in [0, 0.1) is 19.8 Å². The van der Waals surface area contributed by atoms with Gasteiger partial charge in [-0.3, -0.25) is 5.10 Å². The molecule has 0 aliphatic rings. The third kappa shape index (κ3) is 2.72. The van der Waals surface area contributed by atoms with Crippen LogP contribution in [0.3, 0.4) is 0 Å². The van der Waals surface area contributed by atoms with E-state index in [4.69, 9.17) is 11.6 Å². The van der Waals surface area contributed by atoms with Gasteiger partial charge in [-0.25, -0.2) is 4.98 Å². The van der Waals surface area contributed by atoms with E-state index in [0.29, 0.717) is 11.1 Å². The van der Waals surface area contributed by atoms with Crippen LogP contribution in [0.1, 0.15) is 30.8 Å². The lowest BCUT2D eigenvalue weighted by atomic mass is 10.0. The first-order valence-electron chi connectivity index (χ1n) is 6.15. The molecule has 0 aliphatic heterocycles. The second-order valence-corrected chi connectivity index (χ2v) is 5.48. The van der Waals surface area contributed by atoms with Crippen LogP contribution < -0.4 is 0 Å². The van der Waals surface area contributed by atoms with Gasteiger partial charge in [0.2, 0.25) is 0 Å². The Labute approximate surface area is 113 Å². The van der Waals surface area contributed by atoms with Crippen LogP contribution in [0.15, 0.2) is 12.1 Å². The molecule has 4 heteroatoms. The highest BCUT2D eigenvalue weighted by molar-refractivity contribution is 6.29. The second-order valence-electron chi connectivity index (χ2n) is 5.09. The fraction of sp³-hybridized carbons (Fsp3) is 0.429. The van der Waals surface area contributed by atoms with Crippen LogP contribution in [-0.4, -0.2) is 15.2 Å². The molecule has 18 heavy (non-hydrogen) atoms. The van der Waals surface area contributed by atoms with Crippen molar-refractivity contribution in [3.8, 4) is 11.3 Å². The van der Waals surface area contributed by atoms with E-state index in [1.807, 2.05) is 19.9 Å². The lowest BCUT2D eigenvalue weighted by molar-refractivity contribution is 0.647. The topological polar surface area (TPSA) is 41.6 Å². The van der Waals surface area contributed by atoms with Crippen molar-refractivity contribution >= 4 is 11.6 Å². The summed E-state index contributed by atoms with van der Waals surface area (Å²) in [7, 11) is 0. The summed E-state index contributed by atoms with van der Waals surface area (Å²) in [5.74, 6) is 0.600. The molecule has 1 N–H and O–H groups in total. The minimum absolute atomic E-state index is 0.545. The van der Waals surface area contributed by atoms with Crippen molar-refractivity contribution in [2.24, 2.45) is 5.92 Å². The van der Waals surface area contributed by atoms with Crippen molar-refractivity contribution in [1.29, 1.82) is 0 Å². The molecule has 0 radical (unpaired) electrons. The van der Waals surface area contributed by atoms with Gasteiger partial charge < -0.3 is 0 Å². The van der Waals surface area contributed by atoms with Crippen LogP contribution in [-0.2, 0) is 6.42 Å². The molecule has 0 amide bonds. The Morgan fingerprint density at radius 2 is 2.00 bits per heavy atom. The molecule has 3 nitrogen and oxygen atoms in total. The van der Waals surface area contributed by atoms with Crippen LogP contribution in [0.4, 0.5) is 0 Å². The molecule has 0 saturated carbocycles. The zero-order valence-electron chi connectivity index (χ0n) is 11.2. The zero-order chi connectivity index (χ0) is 13.3. The van der Waals surface area contributed by atoms with Crippen LogP contribution in [0.2, 0.25) is 5.15 Å². The Morgan fingerprint density at radius 1 is 1.28 bits per heavy atom. The number of pyridine rings is 1. The van der Waals surface area contributed by atoms with Crippen molar-refractivity contribution in [2.75, 3.05) is 0 Å². The Hall–Kier alpha value is -1.35. The minimum atomic E-state index is 0.545. The average Bonchev–Trinajstić information content (AvgIpc) is 2.56. The Kier molecular flexibility index (Phi) is 3.71. The van der Waals surface area contributed by atoms with Gasteiger partial charge in [0.05, 0.1) is 11.4 Å². The van der Waals surface area contributed by atoms with Gasteiger partial charge in [0.15, 0.2) is 0 Å². The summed E-state index contributed by atoms with van der Waals surface area (Å²) in [4.78, 5) is 4.41. The summed E-state index contributed by atoms with van der Waals surface area (Å²) in [6, 6.07) is 4.05. The number of nitrogens with zero attached hydrogens (tertiary/aromatic N) is 2. The summed E-state index contributed by atoms with van der Waals surface area (Å²) >= 11 is 6.11. The van der Waals surface area contributed by atoms with Crippen molar-refractivity contribution in [3.05, 3.63) is 34.2 Å². The van der Waals surface area contributed by atoms with E-state index in [1.165, 1.54) is 5.56 Å². The maximum absolute atomic E-state index is 6.11. The fourth-order valence-electron chi connectivity index (χ4n) is 2.20. The summed E-state index contributed by atoms with van der Waals surface area (Å²) in [6.45, 7) is 8.37. The molecule has 0 bridgehead atoms. The molecular weight excluding hydrogens is 246 g/mol. The normalized spacial score (nSPS) is 11.2. The second kappa shape index (κ2) is 5.11. The summed E-state index contributed by atoms with van der Waals surface area (Å²) in [6.07, 6.45) is 1.01. The zero-order valence-corrected chi connectivity index (χ0v) is 12.0. The van der Waals surface area contributed by atoms with E-state index in [1.54, 1.807) is 0 Å². The molecule has 0 aliphatic carbocycles. The molecule has 2 heterocycles. The van der Waals surface area contributed by atoms with Gasteiger partial charge in [-0.2, -0.15) is 5.10 Å². The molecule has 0 spiro atoms. The first-order valence-corrected chi connectivity index (χ1v) is 6.53. The predicted molar refractivity (Wildman–Crippen MR) is 74.8 cm³/mol. The number of rotatable bonds is 3. The number of aryl methyl sites for hydroxylation is 2. The molecule has 0 unspecified atom stereocenters. The lowest BCUT2D eigenvalue weighted by Gasteiger charge is -2.08. The van der Waals surface area contributed by atoms with E-state index < -0.39 is 0 Å². The van der Waals surface area contributed by atoms with E-state index in [2.05, 4.69) is 35.1 Å². The van der Waals surface area contributed by atoms with Gasteiger partial charge in [0.25, 0.3) is 0 Å². The van der Waals surface area contributed by atoms with Gasteiger partial charge in [0.1, 0.15) is 5.15 Å². The molecular formula is C14H18ClN3. The fourth-order valence-corrected chi connectivity index (χ4v) is 2.43. The third-order valence-electron chi connectivity index (χ3n) is 2.88. The number of hydrogen-bond acceptors (Lipinski definition) is 2. The SMILES string of the molecule is Cc1n[nH]c(C)c1-c1cc(CC(C)C)cc(Cl)n1. The number of hydrogen-bond donors (Lipinski definition) is 1. The predicted octanol–water partition coefficient (Wildman–Crippen LogP) is 3.94. The number of nitrogens with one attached hydrogen (secondary N) is 1. The minimum Gasteiger partial charge on any atom is -0.282 e. The molecule has 2 aromatic heterocycles. The lowest BCUT2D eigenvalue weighted by Crippen LogP contribution is -1.97. The van der Waals surface area contributed by atoms with Gasteiger partial charge in [-0.05, 0) is 43.9 Å². The Morgan fingerprint density at radius 3 is 2.56 bits per heavy atom. The quantitative estimate of drug-likeness (QED) is 0.852.